The number of likely N-dealkylation sites (tertiary alicyclic amines) is 1. The molecule has 1 N–H and O–H groups in total. The predicted octanol–water partition coefficient (Wildman–Crippen LogP) is 4.20. The number of amides is 1. The SMILES string of the molecule is CC1CC(C)CN(Cc2ccc(CNC(=O)CCc3ccc(S(=O)(=O)N4CCCC4)cc3)cc2)C1. The molecule has 35 heavy (non-hydrogen) atoms. The average Bonchev–Trinajstić information content (AvgIpc) is 3.38. The molecule has 0 radical (unpaired) electrons. The summed E-state index contributed by atoms with van der Waals surface area (Å²) in [5.74, 6) is 1.52. The van der Waals surface area contributed by atoms with Crippen LogP contribution in [0.3, 0.4) is 0 Å². The summed E-state index contributed by atoms with van der Waals surface area (Å²) in [6.45, 7) is 9.71. The van der Waals surface area contributed by atoms with Gasteiger partial charge in [-0.3, -0.25) is 9.69 Å². The van der Waals surface area contributed by atoms with Crippen LogP contribution in [0.4, 0.5) is 0 Å². The van der Waals surface area contributed by atoms with E-state index < -0.39 is 10.0 Å². The third-order valence-electron chi connectivity index (χ3n) is 7.13. The van der Waals surface area contributed by atoms with Gasteiger partial charge < -0.3 is 5.32 Å². The number of piperidine rings is 1. The second-order valence-electron chi connectivity index (χ2n) is 10.5. The van der Waals surface area contributed by atoms with Gasteiger partial charge >= 0.3 is 0 Å². The summed E-state index contributed by atoms with van der Waals surface area (Å²) in [5, 5.41) is 3.00. The van der Waals surface area contributed by atoms with Crippen LogP contribution in [0.15, 0.2) is 53.4 Å². The van der Waals surface area contributed by atoms with Gasteiger partial charge in [0.25, 0.3) is 0 Å². The van der Waals surface area contributed by atoms with Crippen molar-refractivity contribution in [2.45, 2.75) is 63.9 Å². The number of nitrogens with zero attached hydrogens (tertiary/aromatic N) is 2. The highest BCUT2D eigenvalue weighted by Gasteiger charge is 2.27. The van der Waals surface area contributed by atoms with Crippen molar-refractivity contribution in [3.8, 4) is 0 Å². The van der Waals surface area contributed by atoms with Gasteiger partial charge in [0.1, 0.15) is 0 Å². The first-order valence-corrected chi connectivity index (χ1v) is 14.4. The Hall–Kier alpha value is -2.22. The first-order valence-electron chi connectivity index (χ1n) is 13.0. The number of sulfonamides is 1. The molecule has 2 saturated heterocycles. The van der Waals surface area contributed by atoms with Crippen molar-refractivity contribution in [3.05, 3.63) is 65.2 Å². The number of benzene rings is 2. The Morgan fingerprint density at radius 1 is 0.886 bits per heavy atom. The van der Waals surface area contributed by atoms with E-state index in [1.54, 1.807) is 16.4 Å². The minimum Gasteiger partial charge on any atom is -0.352 e. The number of rotatable bonds is 9. The van der Waals surface area contributed by atoms with Gasteiger partial charge in [0.05, 0.1) is 4.90 Å². The van der Waals surface area contributed by atoms with Gasteiger partial charge in [-0.2, -0.15) is 4.31 Å². The van der Waals surface area contributed by atoms with Gasteiger partial charge in [-0.25, -0.2) is 8.42 Å². The van der Waals surface area contributed by atoms with Gasteiger partial charge in [-0.1, -0.05) is 50.2 Å². The number of carbonyl (C=O) groups is 1. The van der Waals surface area contributed by atoms with Crippen molar-refractivity contribution in [1.82, 2.24) is 14.5 Å². The van der Waals surface area contributed by atoms with Crippen LogP contribution in [-0.4, -0.2) is 49.7 Å². The molecular weight excluding hydrogens is 458 g/mol. The molecule has 2 aromatic rings. The fourth-order valence-electron chi connectivity index (χ4n) is 5.39. The molecule has 190 valence electrons. The van der Waals surface area contributed by atoms with Crippen molar-refractivity contribution < 1.29 is 13.2 Å². The fraction of sp³-hybridized carbons (Fsp3) is 0.536. The maximum Gasteiger partial charge on any atom is 0.243 e. The van der Waals surface area contributed by atoms with Crippen LogP contribution in [0.5, 0.6) is 0 Å². The zero-order chi connectivity index (χ0) is 24.8. The lowest BCUT2D eigenvalue weighted by Crippen LogP contribution is -2.38. The third-order valence-corrected chi connectivity index (χ3v) is 9.04. The van der Waals surface area contributed by atoms with Crippen molar-refractivity contribution in [2.75, 3.05) is 26.2 Å². The molecule has 2 aromatic carbocycles. The average molecular weight is 498 g/mol. The summed E-state index contributed by atoms with van der Waals surface area (Å²) in [6.07, 6.45) is 4.13. The second-order valence-corrected chi connectivity index (χ2v) is 12.4. The summed E-state index contributed by atoms with van der Waals surface area (Å²) in [6, 6.07) is 15.5. The maximum absolute atomic E-state index is 12.6. The van der Waals surface area contributed by atoms with E-state index in [-0.39, 0.29) is 5.91 Å². The minimum absolute atomic E-state index is 0.000803. The summed E-state index contributed by atoms with van der Waals surface area (Å²) in [4.78, 5) is 15.2. The van der Waals surface area contributed by atoms with Crippen molar-refractivity contribution in [2.24, 2.45) is 11.8 Å². The van der Waals surface area contributed by atoms with E-state index in [4.69, 9.17) is 0 Å². The lowest BCUT2D eigenvalue weighted by atomic mass is 9.91. The molecule has 2 heterocycles. The minimum atomic E-state index is -3.39. The van der Waals surface area contributed by atoms with Crippen LogP contribution in [0.2, 0.25) is 0 Å². The van der Waals surface area contributed by atoms with E-state index in [0.717, 1.165) is 42.3 Å². The maximum atomic E-state index is 12.6. The molecule has 2 aliphatic rings. The van der Waals surface area contributed by atoms with Crippen LogP contribution in [0.25, 0.3) is 0 Å². The van der Waals surface area contributed by atoms with Crippen LogP contribution in [-0.2, 0) is 34.3 Å². The van der Waals surface area contributed by atoms with Crippen molar-refractivity contribution >= 4 is 15.9 Å². The Morgan fingerprint density at radius 2 is 1.46 bits per heavy atom. The lowest BCUT2D eigenvalue weighted by Gasteiger charge is -2.35. The molecule has 6 nitrogen and oxygen atoms in total. The number of aryl methyl sites for hydroxylation is 1. The van der Waals surface area contributed by atoms with Crippen LogP contribution in [0.1, 0.15) is 56.2 Å². The number of hydrogen-bond donors (Lipinski definition) is 1. The van der Waals surface area contributed by atoms with Gasteiger partial charge in [0.2, 0.25) is 15.9 Å². The standard InChI is InChI=1S/C28H39N3O3S/c1-22-17-23(2)20-30(19-22)21-26-7-5-25(6-8-26)18-29-28(32)14-11-24-9-12-27(13-10-24)35(33,34)31-15-3-4-16-31/h5-10,12-13,22-23H,3-4,11,14-21H2,1-2H3,(H,29,32). The Kier molecular flexibility index (Phi) is 8.63. The molecular formula is C28H39N3O3S. The van der Waals surface area contributed by atoms with Gasteiger partial charge in [0, 0.05) is 45.7 Å². The number of hydrogen-bond acceptors (Lipinski definition) is 4. The summed E-state index contributed by atoms with van der Waals surface area (Å²) in [5.41, 5.74) is 3.38. The van der Waals surface area contributed by atoms with Crippen molar-refractivity contribution in [3.63, 3.8) is 0 Å². The zero-order valence-corrected chi connectivity index (χ0v) is 21.9. The van der Waals surface area contributed by atoms with E-state index in [9.17, 15) is 13.2 Å². The van der Waals surface area contributed by atoms with E-state index in [1.807, 2.05) is 12.1 Å². The first kappa shape index (κ1) is 25.9. The molecule has 2 atom stereocenters. The second kappa shape index (κ2) is 11.7. The van der Waals surface area contributed by atoms with E-state index in [0.29, 0.717) is 37.4 Å². The lowest BCUT2D eigenvalue weighted by molar-refractivity contribution is -0.121. The smallest absolute Gasteiger partial charge is 0.243 e. The predicted molar refractivity (Wildman–Crippen MR) is 139 cm³/mol. The molecule has 0 spiro atoms. The molecule has 0 saturated carbocycles. The molecule has 0 aromatic heterocycles. The van der Waals surface area contributed by atoms with Gasteiger partial charge in [-0.15, -0.1) is 0 Å². The van der Waals surface area contributed by atoms with Crippen LogP contribution >= 0.6 is 0 Å². The summed E-state index contributed by atoms with van der Waals surface area (Å²) >= 11 is 0. The van der Waals surface area contributed by atoms with E-state index in [2.05, 4.69) is 48.3 Å². The monoisotopic (exact) mass is 497 g/mol. The molecule has 0 aliphatic carbocycles. The molecule has 1 amide bonds. The topological polar surface area (TPSA) is 69.7 Å². The number of carbonyl (C=O) groups excluding carboxylic acids is 1. The summed E-state index contributed by atoms with van der Waals surface area (Å²) in [7, 11) is -3.39. The quantitative estimate of drug-likeness (QED) is 0.564. The molecule has 7 heteroatoms. The Morgan fingerprint density at radius 3 is 2.09 bits per heavy atom. The van der Waals surface area contributed by atoms with E-state index >= 15 is 0 Å². The molecule has 2 fully saturated rings. The highest BCUT2D eigenvalue weighted by Crippen LogP contribution is 2.23. The third kappa shape index (κ3) is 7.15. The molecule has 2 aliphatic heterocycles. The largest absolute Gasteiger partial charge is 0.352 e. The summed E-state index contributed by atoms with van der Waals surface area (Å²) < 4.78 is 26.8. The van der Waals surface area contributed by atoms with Crippen molar-refractivity contribution in [1.29, 1.82) is 0 Å². The number of nitrogens with one attached hydrogen (secondary N) is 1. The Bertz CT molecular complexity index is 1070. The normalized spacial score (nSPS) is 21.8. The Labute approximate surface area is 210 Å². The van der Waals surface area contributed by atoms with Gasteiger partial charge in [-0.05, 0) is 66.3 Å². The fourth-order valence-corrected chi connectivity index (χ4v) is 6.91. The highest BCUT2D eigenvalue weighted by molar-refractivity contribution is 7.89. The first-order chi connectivity index (χ1) is 16.8. The Balaban J connectivity index is 1.20. The van der Waals surface area contributed by atoms with Crippen LogP contribution in [0, 0.1) is 11.8 Å². The van der Waals surface area contributed by atoms with Crippen LogP contribution < -0.4 is 5.32 Å². The van der Waals surface area contributed by atoms with E-state index in [1.165, 1.54) is 25.1 Å². The molecule has 0 bridgehead atoms. The highest BCUT2D eigenvalue weighted by atomic mass is 32.2. The molecule has 2 unspecified atom stereocenters. The molecule has 4 rings (SSSR count). The zero-order valence-electron chi connectivity index (χ0n) is 21.1. The van der Waals surface area contributed by atoms with Gasteiger partial charge in [0.15, 0.2) is 0 Å².